The van der Waals surface area contributed by atoms with Crippen LogP contribution in [0, 0.1) is 6.92 Å². The standard InChI is InChI=1S/C15H14N4O2/c1-9-6-10(19-21-9)8-17-15(20)12-7-14(16)18-13-5-3-2-4-11(12)13/h2-7H,8H2,1H3,(H2,16,18)(H,17,20). The quantitative estimate of drug-likeness (QED) is 0.766. The topological polar surface area (TPSA) is 94.0 Å². The third-order valence-electron chi connectivity index (χ3n) is 3.09. The molecule has 6 heteroatoms. The van der Waals surface area contributed by atoms with E-state index < -0.39 is 0 Å². The SMILES string of the molecule is Cc1cc(CNC(=O)c2cc(N)nc3ccccc23)no1. The lowest BCUT2D eigenvalue weighted by atomic mass is 10.1. The summed E-state index contributed by atoms with van der Waals surface area (Å²) < 4.78 is 4.96. The number of nitrogen functional groups attached to an aromatic ring is 1. The molecule has 3 aromatic rings. The van der Waals surface area contributed by atoms with Crippen molar-refractivity contribution >= 4 is 22.6 Å². The molecule has 0 spiro atoms. The lowest BCUT2D eigenvalue weighted by molar-refractivity contribution is 0.0951. The Morgan fingerprint density at radius 2 is 2.14 bits per heavy atom. The van der Waals surface area contributed by atoms with E-state index in [0.717, 1.165) is 5.39 Å². The number of nitrogens with one attached hydrogen (secondary N) is 1. The van der Waals surface area contributed by atoms with Crippen molar-refractivity contribution in [1.29, 1.82) is 0 Å². The van der Waals surface area contributed by atoms with E-state index in [1.807, 2.05) is 24.3 Å². The molecule has 0 aliphatic rings. The van der Waals surface area contributed by atoms with E-state index in [2.05, 4.69) is 15.5 Å². The fourth-order valence-corrected chi connectivity index (χ4v) is 2.15. The van der Waals surface area contributed by atoms with Crippen LogP contribution in [0.4, 0.5) is 5.82 Å². The van der Waals surface area contributed by atoms with Gasteiger partial charge < -0.3 is 15.6 Å². The van der Waals surface area contributed by atoms with E-state index in [0.29, 0.717) is 34.9 Å². The number of hydrogen-bond donors (Lipinski definition) is 2. The Morgan fingerprint density at radius 3 is 2.90 bits per heavy atom. The molecule has 0 aliphatic heterocycles. The first-order chi connectivity index (χ1) is 10.1. The molecule has 106 valence electrons. The first kappa shape index (κ1) is 13.1. The van der Waals surface area contributed by atoms with Crippen molar-refractivity contribution < 1.29 is 9.32 Å². The molecule has 0 radical (unpaired) electrons. The number of rotatable bonds is 3. The van der Waals surface area contributed by atoms with Gasteiger partial charge in [0.1, 0.15) is 17.3 Å². The molecule has 0 bridgehead atoms. The van der Waals surface area contributed by atoms with Crippen LogP contribution in [0.15, 0.2) is 40.9 Å². The minimum Gasteiger partial charge on any atom is -0.384 e. The molecule has 21 heavy (non-hydrogen) atoms. The van der Waals surface area contributed by atoms with Crippen molar-refractivity contribution in [3.8, 4) is 0 Å². The molecule has 1 aromatic carbocycles. The Labute approximate surface area is 121 Å². The summed E-state index contributed by atoms with van der Waals surface area (Å²) in [5, 5.41) is 7.40. The zero-order valence-electron chi connectivity index (χ0n) is 11.5. The summed E-state index contributed by atoms with van der Waals surface area (Å²) in [4.78, 5) is 16.5. The second kappa shape index (κ2) is 5.24. The zero-order chi connectivity index (χ0) is 14.8. The van der Waals surface area contributed by atoms with Crippen molar-refractivity contribution in [2.45, 2.75) is 13.5 Å². The number of amides is 1. The lowest BCUT2D eigenvalue weighted by Crippen LogP contribution is -2.23. The Bertz CT molecular complexity index is 810. The summed E-state index contributed by atoms with van der Waals surface area (Å²) in [6, 6.07) is 10.7. The number of carbonyl (C=O) groups excluding carboxylic acids is 1. The van der Waals surface area contributed by atoms with Gasteiger partial charge in [-0.25, -0.2) is 4.98 Å². The fraction of sp³-hybridized carbons (Fsp3) is 0.133. The number of aromatic nitrogens is 2. The number of nitrogens with two attached hydrogens (primary N) is 1. The van der Waals surface area contributed by atoms with Crippen molar-refractivity contribution in [3.05, 3.63) is 53.4 Å². The number of para-hydroxylation sites is 1. The van der Waals surface area contributed by atoms with Gasteiger partial charge in [-0.1, -0.05) is 23.4 Å². The van der Waals surface area contributed by atoms with E-state index in [-0.39, 0.29) is 5.91 Å². The predicted molar refractivity (Wildman–Crippen MR) is 78.6 cm³/mol. The van der Waals surface area contributed by atoms with E-state index in [1.54, 1.807) is 19.1 Å². The fourth-order valence-electron chi connectivity index (χ4n) is 2.15. The molecule has 2 aromatic heterocycles. The minimum atomic E-state index is -0.221. The molecule has 0 unspecified atom stereocenters. The number of pyridine rings is 1. The van der Waals surface area contributed by atoms with Crippen LogP contribution in [0.1, 0.15) is 21.8 Å². The van der Waals surface area contributed by atoms with E-state index in [1.165, 1.54) is 0 Å². The third-order valence-corrected chi connectivity index (χ3v) is 3.09. The number of fused-ring (bicyclic) bond motifs is 1. The van der Waals surface area contributed by atoms with Gasteiger partial charge in [0.05, 0.1) is 17.6 Å². The number of nitrogens with zero attached hydrogens (tertiary/aromatic N) is 2. The summed E-state index contributed by atoms with van der Waals surface area (Å²) >= 11 is 0. The molecule has 3 N–H and O–H groups in total. The molecule has 6 nitrogen and oxygen atoms in total. The van der Waals surface area contributed by atoms with Gasteiger partial charge in [0.2, 0.25) is 0 Å². The first-order valence-electron chi connectivity index (χ1n) is 6.49. The molecule has 0 saturated heterocycles. The Hall–Kier alpha value is -2.89. The predicted octanol–water partition coefficient (Wildman–Crippen LogP) is 2.04. The van der Waals surface area contributed by atoms with Crippen LogP contribution in [0.5, 0.6) is 0 Å². The second-order valence-corrected chi connectivity index (χ2v) is 4.72. The minimum absolute atomic E-state index is 0.221. The normalized spacial score (nSPS) is 10.7. The highest BCUT2D eigenvalue weighted by atomic mass is 16.5. The van der Waals surface area contributed by atoms with E-state index in [9.17, 15) is 4.79 Å². The molecular formula is C15H14N4O2. The third kappa shape index (κ3) is 2.69. The number of hydrogen-bond acceptors (Lipinski definition) is 5. The highest BCUT2D eigenvalue weighted by Gasteiger charge is 2.12. The van der Waals surface area contributed by atoms with Crippen LogP contribution in [-0.4, -0.2) is 16.0 Å². The Morgan fingerprint density at radius 1 is 1.33 bits per heavy atom. The van der Waals surface area contributed by atoms with Crippen LogP contribution in [0.2, 0.25) is 0 Å². The van der Waals surface area contributed by atoms with Crippen molar-refractivity contribution in [2.75, 3.05) is 5.73 Å². The molecule has 0 fully saturated rings. The monoisotopic (exact) mass is 282 g/mol. The summed E-state index contributed by atoms with van der Waals surface area (Å²) in [5.41, 5.74) is 7.62. The van der Waals surface area contributed by atoms with Crippen LogP contribution < -0.4 is 11.1 Å². The average molecular weight is 282 g/mol. The van der Waals surface area contributed by atoms with Crippen LogP contribution in [0.3, 0.4) is 0 Å². The summed E-state index contributed by atoms with van der Waals surface area (Å²) in [6.45, 7) is 2.10. The molecular weight excluding hydrogens is 268 g/mol. The van der Waals surface area contributed by atoms with Crippen LogP contribution in [0.25, 0.3) is 10.9 Å². The molecule has 0 atom stereocenters. The lowest BCUT2D eigenvalue weighted by Gasteiger charge is -2.07. The maximum absolute atomic E-state index is 12.3. The summed E-state index contributed by atoms with van der Waals surface area (Å²) in [7, 11) is 0. The Kier molecular flexibility index (Phi) is 3.27. The van der Waals surface area contributed by atoms with E-state index in [4.69, 9.17) is 10.3 Å². The van der Waals surface area contributed by atoms with Gasteiger partial charge in [0.25, 0.3) is 5.91 Å². The molecule has 0 aliphatic carbocycles. The number of aryl methyl sites for hydroxylation is 1. The van der Waals surface area contributed by atoms with Gasteiger partial charge in [-0.05, 0) is 19.1 Å². The maximum atomic E-state index is 12.3. The van der Waals surface area contributed by atoms with Crippen molar-refractivity contribution in [1.82, 2.24) is 15.5 Å². The van der Waals surface area contributed by atoms with Crippen LogP contribution in [-0.2, 0) is 6.54 Å². The summed E-state index contributed by atoms with van der Waals surface area (Å²) in [5.74, 6) is 0.801. The highest BCUT2D eigenvalue weighted by Crippen LogP contribution is 2.19. The first-order valence-corrected chi connectivity index (χ1v) is 6.49. The molecule has 0 saturated carbocycles. The molecule has 3 rings (SSSR count). The number of carbonyl (C=O) groups is 1. The van der Waals surface area contributed by atoms with E-state index >= 15 is 0 Å². The number of anilines is 1. The highest BCUT2D eigenvalue weighted by molar-refractivity contribution is 6.06. The largest absolute Gasteiger partial charge is 0.384 e. The van der Waals surface area contributed by atoms with Gasteiger partial charge in [-0.15, -0.1) is 0 Å². The number of benzene rings is 1. The van der Waals surface area contributed by atoms with Crippen LogP contribution >= 0.6 is 0 Å². The summed E-state index contributed by atoms with van der Waals surface area (Å²) in [6.07, 6.45) is 0. The maximum Gasteiger partial charge on any atom is 0.252 e. The van der Waals surface area contributed by atoms with Gasteiger partial charge in [-0.3, -0.25) is 4.79 Å². The Balaban J connectivity index is 1.87. The average Bonchev–Trinajstić information content (AvgIpc) is 2.89. The molecule has 1 amide bonds. The zero-order valence-corrected chi connectivity index (χ0v) is 11.5. The van der Waals surface area contributed by atoms with Crippen molar-refractivity contribution in [3.63, 3.8) is 0 Å². The second-order valence-electron chi connectivity index (χ2n) is 4.72. The van der Waals surface area contributed by atoms with Gasteiger partial charge in [0, 0.05) is 11.5 Å². The van der Waals surface area contributed by atoms with Crippen molar-refractivity contribution in [2.24, 2.45) is 0 Å². The molecule has 2 heterocycles. The van der Waals surface area contributed by atoms with Gasteiger partial charge in [-0.2, -0.15) is 0 Å². The smallest absolute Gasteiger partial charge is 0.252 e. The van der Waals surface area contributed by atoms with Gasteiger partial charge in [0.15, 0.2) is 0 Å². The van der Waals surface area contributed by atoms with Gasteiger partial charge >= 0.3 is 0 Å².